The van der Waals surface area contributed by atoms with Crippen LogP contribution in [0.5, 0.6) is 0 Å². The van der Waals surface area contributed by atoms with Gasteiger partial charge in [-0.1, -0.05) is 35.5 Å². The van der Waals surface area contributed by atoms with Crippen LogP contribution in [0.1, 0.15) is 17.0 Å². The van der Waals surface area contributed by atoms with Crippen molar-refractivity contribution in [2.45, 2.75) is 25.2 Å². The molecule has 0 aliphatic heterocycles. The first-order chi connectivity index (χ1) is 13.6. The number of rotatable bonds is 5. The number of aryl methyl sites for hydroxylation is 2. The van der Waals surface area contributed by atoms with Gasteiger partial charge in [-0.05, 0) is 49.7 Å². The molecule has 3 rings (SSSR count). The SMILES string of the molecule is Cc1cccc(-n2c(C)nnc2SCC(=O)Nc2ccc(Cl)c(C(F)(F)F)c2)c1. The molecule has 0 fully saturated rings. The number of hydrogen-bond acceptors (Lipinski definition) is 4. The van der Waals surface area contributed by atoms with Gasteiger partial charge >= 0.3 is 6.18 Å². The number of anilines is 1. The molecular weight excluding hydrogens is 425 g/mol. The topological polar surface area (TPSA) is 59.8 Å². The van der Waals surface area contributed by atoms with Gasteiger partial charge in [0.2, 0.25) is 5.91 Å². The number of halogens is 4. The highest BCUT2D eigenvalue weighted by Gasteiger charge is 2.33. The van der Waals surface area contributed by atoms with Gasteiger partial charge in [-0.3, -0.25) is 9.36 Å². The first kappa shape index (κ1) is 21.2. The zero-order chi connectivity index (χ0) is 21.2. The van der Waals surface area contributed by atoms with Gasteiger partial charge < -0.3 is 5.32 Å². The molecule has 152 valence electrons. The fourth-order valence-electron chi connectivity index (χ4n) is 2.65. The Hall–Kier alpha value is -2.52. The molecule has 5 nitrogen and oxygen atoms in total. The Morgan fingerprint density at radius 3 is 2.62 bits per heavy atom. The van der Waals surface area contributed by atoms with Crippen molar-refractivity contribution >= 4 is 35.0 Å². The summed E-state index contributed by atoms with van der Waals surface area (Å²) in [6.45, 7) is 3.76. The lowest BCUT2D eigenvalue weighted by molar-refractivity contribution is -0.137. The number of carbonyl (C=O) groups excluding carboxylic acids is 1. The Morgan fingerprint density at radius 2 is 1.93 bits per heavy atom. The summed E-state index contributed by atoms with van der Waals surface area (Å²) >= 11 is 6.73. The van der Waals surface area contributed by atoms with E-state index in [1.54, 1.807) is 6.92 Å². The normalized spacial score (nSPS) is 11.5. The van der Waals surface area contributed by atoms with Crippen LogP contribution in [0.4, 0.5) is 18.9 Å². The first-order valence-electron chi connectivity index (χ1n) is 8.43. The molecule has 2 aromatic carbocycles. The zero-order valence-corrected chi connectivity index (χ0v) is 17.0. The fraction of sp³-hybridized carbons (Fsp3) is 0.211. The number of hydrogen-bond donors (Lipinski definition) is 1. The molecule has 29 heavy (non-hydrogen) atoms. The van der Waals surface area contributed by atoms with Gasteiger partial charge in [-0.15, -0.1) is 10.2 Å². The molecule has 0 aliphatic rings. The molecule has 0 bridgehead atoms. The van der Waals surface area contributed by atoms with Crippen LogP contribution in [0.3, 0.4) is 0 Å². The number of amides is 1. The van der Waals surface area contributed by atoms with Gasteiger partial charge in [0.1, 0.15) is 5.82 Å². The summed E-state index contributed by atoms with van der Waals surface area (Å²) in [6, 6.07) is 11.0. The molecule has 0 atom stereocenters. The van der Waals surface area contributed by atoms with E-state index in [-0.39, 0.29) is 11.4 Å². The van der Waals surface area contributed by atoms with E-state index in [4.69, 9.17) is 11.6 Å². The van der Waals surface area contributed by atoms with Crippen molar-refractivity contribution < 1.29 is 18.0 Å². The predicted octanol–water partition coefficient (Wildman–Crippen LogP) is 5.29. The molecule has 10 heteroatoms. The lowest BCUT2D eigenvalue weighted by Gasteiger charge is -2.12. The summed E-state index contributed by atoms with van der Waals surface area (Å²) in [5, 5.41) is 10.7. The van der Waals surface area contributed by atoms with Crippen molar-refractivity contribution in [3.05, 3.63) is 64.4 Å². The highest BCUT2D eigenvalue weighted by atomic mass is 35.5. The van der Waals surface area contributed by atoms with E-state index < -0.39 is 22.7 Å². The number of nitrogens with zero attached hydrogens (tertiary/aromatic N) is 3. The average Bonchev–Trinajstić information content (AvgIpc) is 3.01. The molecular formula is C19H16ClF3N4OS. The molecule has 0 radical (unpaired) electrons. The van der Waals surface area contributed by atoms with Crippen molar-refractivity contribution in [3.63, 3.8) is 0 Å². The molecule has 1 N–H and O–H groups in total. The number of carbonyl (C=O) groups is 1. The number of aromatic nitrogens is 3. The van der Waals surface area contributed by atoms with E-state index >= 15 is 0 Å². The maximum atomic E-state index is 13.0. The Labute approximate surface area is 174 Å². The highest BCUT2D eigenvalue weighted by Crippen LogP contribution is 2.36. The lowest BCUT2D eigenvalue weighted by atomic mass is 10.2. The molecule has 1 aromatic heterocycles. The first-order valence-corrected chi connectivity index (χ1v) is 9.80. The van der Waals surface area contributed by atoms with Crippen LogP contribution in [-0.4, -0.2) is 26.4 Å². The summed E-state index contributed by atoms with van der Waals surface area (Å²) in [7, 11) is 0. The third-order valence-electron chi connectivity index (χ3n) is 3.94. The largest absolute Gasteiger partial charge is 0.417 e. The molecule has 0 saturated heterocycles. The summed E-state index contributed by atoms with van der Waals surface area (Å²) in [5.74, 6) is 0.140. The van der Waals surface area contributed by atoms with Crippen molar-refractivity contribution in [2.24, 2.45) is 0 Å². The molecule has 0 aliphatic carbocycles. The van der Waals surface area contributed by atoms with Gasteiger partial charge in [-0.2, -0.15) is 13.2 Å². The van der Waals surface area contributed by atoms with Gasteiger partial charge in [0, 0.05) is 11.4 Å². The van der Waals surface area contributed by atoms with Crippen molar-refractivity contribution in [3.8, 4) is 5.69 Å². The minimum atomic E-state index is -4.60. The monoisotopic (exact) mass is 440 g/mol. The zero-order valence-electron chi connectivity index (χ0n) is 15.4. The summed E-state index contributed by atoms with van der Waals surface area (Å²) in [5.41, 5.74) is 0.943. The van der Waals surface area contributed by atoms with E-state index in [0.29, 0.717) is 11.0 Å². The summed E-state index contributed by atoms with van der Waals surface area (Å²) in [4.78, 5) is 12.2. The quantitative estimate of drug-likeness (QED) is 0.548. The Balaban J connectivity index is 1.71. The summed E-state index contributed by atoms with van der Waals surface area (Å²) in [6.07, 6.45) is -4.60. The maximum Gasteiger partial charge on any atom is 0.417 e. The number of nitrogens with one attached hydrogen (secondary N) is 1. The lowest BCUT2D eigenvalue weighted by Crippen LogP contribution is -2.15. The second kappa shape index (κ2) is 8.46. The van der Waals surface area contributed by atoms with E-state index in [1.807, 2.05) is 35.8 Å². The highest BCUT2D eigenvalue weighted by molar-refractivity contribution is 7.99. The van der Waals surface area contributed by atoms with E-state index in [2.05, 4.69) is 15.5 Å². The second-order valence-corrected chi connectivity index (χ2v) is 7.58. The third-order valence-corrected chi connectivity index (χ3v) is 5.20. The van der Waals surface area contributed by atoms with Crippen molar-refractivity contribution in [1.29, 1.82) is 0 Å². The Bertz CT molecular complexity index is 1050. The fourth-order valence-corrected chi connectivity index (χ4v) is 3.67. The second-order valence-electron chi connectivity index (χ2n) is 6.23. The van der Waals surface area contributed by atoms with Gasteiger partial charge in [0.15, 0.2) is 5.16 Å². The van der Waals surface area contributed by atoms with Crippen LogP contribution in [0.15, 0.2) is 47.6 Å². The summed E-state index contributed by atoms with van der Waals surface area (Å²) < 4.78 is 40.7. The molecule has 1 heterocycles. The van der Waals surface area contributed by atoms with Gasteiger partial charge in [-0.25, -0.2) is 0 Å². The third kappa shape index (κ3) is 5.10. The average molecular weight is 441 g/mol. The van der Waals surface area contributed by atoms with E-state index in [0.717, 1.165) is 35.1 Å². The van der Waals surface area contributed by atoms with Crippen molar-refractivity contribution in [1.82, 2.24) is 14.8 Å². The van der Waals surface area contributed by atoms with Crippen LogP contribution >= 0.6 is 23.4 Å². The Morgan fingerprint density at radius 1 is 1.17 bits per heavy atom. The predicted molar refractivity (Wildman–Crippen MR) is 107 cm³/mol. The minimum Gasteiger partial charge on any atom is -0.325 e. The van der Waals surface area contributed by atoms with E-state index in [9.17, 15) is 18.0 Å². The van der Waals surface area contributed by atoms with Crippen LogP contribution in [-0.2, 0) is 11.0 Å². The molecule has 3 aromatic rings. The maximum absolute atomic E-state index is 13.0. The standard InChI is InChI=1S/C19H16ClF3N4OS/c1-11-4-3-5-14(8-11)27-12(2)25-26-18(27)29-10-17(28)24-13-6-7-16(20)15(9-13)19(21,22)23/h3-9H,10H2,1-2H3,(H,24,28). The molecule has 0 unspecified atom stereocenters. The molecule has 1 amide bonds. The minimum absolute atomic E-state index is 0.0173. The number of alkyl halides is 3. The number of benzene rings is 2. The molecule has 0 spiro atoms. The van der Waals surface area contributed by atoms with Crippen molar-refractivity contribution in [2.75, 3.05) is 11.1 Å². The van der Waals surface area contributed by atoms with Crippen LogP contribution in [0.25, 0.3) is 5.69 Å². The Kier molecular flexibility index (Phi) is 6.18. The van der Waals surface area contributed by atoms with Crippen LogP contribution in [0, 0.1) is 13.8 Å². The van der Waals surface area contributed by atoms with Crippen LogP contribution < -0.4 is 5.32 Å². The number of thioether (sulfide) groups is 1. The smallest absolute Gasteiger partial charge is 0.325 e. The van der Waals surface area contributed by atoms with Gasteiger partial charge in [0.25, 0.3) is 0 Å². The van der Waals surface area contributed by atoms with Crippen LogP contribution in [0.2, 0.25) is 5.02 Å². The molecule has 0 saturated carbocycles. The van der Waals surface area contributed by atoms with Gasteiger partial charge in [0.05, 0.1) is 16.3 Å². The van der Waals surface area contributed by atoms with E-state index in [1.165, 1.54) is 6.07 Å².